The van der Waals surface area contributed by atoms with Crippen molar-refractivity contribution in [2.75, 3.05) is 45.2 Å². The van der Waals surface area contributed by atoms with Crippen molar-refractivity contribution in [2.24, 2.45) is 0 Å². The standard InChI is InChI=1S/C17H25N5O3/c1-18-17-16(19-6-7-20-17)13-11-22(9-10-25-13)15(24)12-21-8-4-2-3-5-14(21)23/h6-7,13H,2-5,8-12H2,1H3,(H,18,20)/t13-/m1/s1. The first kappa shape index (κ1) is 17.6. The molecule has 3 rings (SSSR count). The molecular formula is C17H25N5O3. The van der Waals surface area contributed by atoms with Crippen molar-refractivity contribution < 1.29 is 14.3 Å². The van der Waals surface area contributed by atoms with Crippen LogP contribution in [0.2, 0.25) is 0 Å². The van der Waals surface area contributed by atoms with E-state index in [1.807, 2.05) is 0 Å². The third-order valence-corrected chi connectivity index (χ3v) is 4.68. The normalized spacial score (nSPS) is 21.8. The Hall–Kier alpha value is -2.22. The van der Waals surface area contributed by atoms with Gasteiger partial charge in [0, 0.05) is 39.0 Å². The van der Waals surface area contributed by atoms with Crippen LogP contribution in [0.1, 0.15) is 37.5 Å². The van der Waals surface area contributed by atoms with Gasteiger partial charge in [0.2, 0.25) is 11.8 Å². The number of anilines is 1. The molecule has 0 spiro atoms. The monoisotopic (exact) mass is 347 g/mol. The van der Waals surface area contributed by atoms with Crippen LogP contribution in [0.25, 0.3) is 0 Å². The number of hydrogen-bond donors (Lipinski definition) is 1. The molecule has 3 heterocycles. The number of morpholine rings is 1. The first-order chi connectivity index (χ1) is 12.2. The van der Waals surface area contributed by atoms with E-state index < -0.39 is 0 Å². The predicted octanol–water partition coefficient (Wildman–Crippen LogP) is 0.821. The lowest BCUT2D eigenvalue weighted by Crippen LogP contribution is -2.48. The minimum absolute atomic E-state index is 0.0292. The molecule has 2 fully saturated rings. The van der Waals surface area contributed by atoms with Gasteiger partial charge < -0.3 is 19.9 Å². The number of likely N-dealkylation sites (tertiary alicyclic amines) is 1. The van der Waals surface area contributed by atoms with Gasteiger partial charge in [0.1, 0.15) is 17.6 Å². The average molecular weight is 347 g/mol. The fourth-order valence-electron chi connectivity index (χ4n) is 3.29. The number of carbonyl (C=O) groups excluding carboxylic acids is 2. The van der Waals surface area contributed by atoms with Crippen LogP contribution in [0.5, 0.6) is 0 Å². The lowest BCUT2D eigenvalue weighted by atomic mass is 10.2. The summed E-state index contributed by atoms with van der Waals surface area (Å²) < 4.78 is 5.80. The highest BCUT2D eigenvalue weighted by molar-refractivity contribution is 5.85. The summed E-state index contributed by atoms with van der Waals surface area (Å²) in [7, 11) is 1.78. The summed E-state index contributed by atoms with van der Waals surface area (Å²) in [5.41, 5.74) is 0.702. The fourth-order valence-corrected chi connectivity index (χ4v) is 3.29. The van der Waals surface area contributed by atoms with E-state index in [0.29, 0.717) is 44.2 Å². The molecule has 1 aromatic heterocycles. The Morgan fingerprint density at radius 3 is 2.96 bits per heavy atom. The molecule has 1 aromatic rings. The van der Waals surface area contributed by atoms with E-state index >= 15 is 0 Å². The van der Waals surface area contributed by atoms with E-state index in [4.69, 9.17) is 4.74 Å². The van der Waals surface area contributed by atoms with Crippen molar-refractivity contribution in [1.29, 1.82) is 0 Å². The summed E-state index contributed by atoms with van der Waals surface area (Å²) in [6, 6.07) is 0. The molecule has 0 aromatic carbocycles. The van der Waals surface area contributed by atoms with Gasteiger partial charge in [-0.3, -0.25) is 14.6 Å². The number of amides is 2. The van der Waals surface area contributed by atoms with Crippen molar-refractivity contribution in [1.82, 2.24) is 19.8 Å². The topological polar surface area (TPSA) is 87.7 Å². The van der Waals surface area contributed by atoms with Crippen LogP contribution in [0.15, 0.2) is 12.4 Å². The van der Waals surface area contributed by atoms with Gasteiger partial charge in [-0.25, -0.2) is 4.98 Å². The molecule has 0 saturated carbocycles. The smallest absolute Gasteiger partial charge is 0.242 e. The molecule has 0 bridgehead atoms. The zero-order chi connectivity index (χ0) is 17.6. The number of nitrogens with one attached hydrogen (secondary N) is 1. The predicted molar refractivity (Wildman–Crippen MR) is 91.9 cm³/mol. The molecule has 0 aliphatic carbocycles. The van der Waals surface area contributed by atoms with Gasteiger partial charge in [-0.15, -0.1) is 0 Å². The van der Waals surface area contributed by atoms with Crippen molar-refractivity contribution in [3.8, 4) is 0 Å². The number of ether oxygens (including phenoxy) is 1. The van der Waals surface area contributed by atoms with Gasteiger partial charge in [-0.05, 0) is 12.8 Å². The largest absolute Gasteiger partial charge is 0.372 e. The second kappa shape index (κ2) is 8.24. The molecular weight excluding hydrogens is 322 g/mol. The first-order valence-corrected chi connectivity index (χ1v) is 8.85. The molecule has 2 amide bonds. The average Bonchev–Trinajstić information content (AvgIpc) is 2.86. The summed E-state index contributed by atoms with van der Waals surface area (Å²) in [5.74, 6) is 0.713. The molecule has 2 aliphatic rings. The molecule has 1 N–H and O–H groups in total. The molecule has 2 aliphatic heterocycles. The van der Waals surface area contributed by atoms with Gasteiger partial charge in [0.25, 0.3) is 0 Å². The van der Waals surface area contributed by atoms with Gasteiger partial charge >= 0.3 is 0 Å². The molecule has 8 heteroatoms. The second-order valence-corrected chi connectivity index (χ2v) is 6.37. The van der Waals surface area contributed by atoms with Crippen molar-refractivity contribution in [3.63, 3.8) is 0 Å². The van der Waals surface area contributed by atoms with E-state index in [1.165, 1.54) is 0 Å². The van der Waals surface area contributed by atoms with Crippen molar-refractivity contribution >= 4 is 17.6 Å². The zero-order valence-electron chi connectivity index (χ0n) is 14.6. The van der Waals surface area contributed by atoms with Gasteiger partial charge in [-0.2, -0.15) is 0 Å². The number of rotatable bonds is 4. The minimum atomic E-state index is -0.311. The van der Waals surface area contributed by atoms with Gasteiger partial charge in [-0.1, -0.05) is 6.42 Å². The highest BCUT2D eigenvalue weighted by Crippen LogP contribution is 2.25. The number of aromatic nitrogens is 2. The summed E-state index contributed by atoms with van der Waals surface area (Å²) in [4.78, 5) is 36.8. The lowest BCUT2D eigenvalue weighted by molar-refractivity contribution is -0.145. The Bertz CT molecular complexity index is 624. The summed E-state index contributed by atoms with van der Waals surface area (Å²) in [6.45, 7) is 2.24. The molecule has 0 unspecified atom stereocenters. The third kappa shape index (κ3) is 4.25. The number of hydrogen-bond acceptors (Lipinski definition) is 6. The van der Waals surface area contributed by atoms with E-state index in [2.05, 4.69) is 15.3 Å². The highest BCUT2D eigenvalue weighted by atomic mass is 16.5. The molecule has 0 radical (unpaired) electrons. The van der Waals surface area contributed by atoms with Crippen LogP contribution in [-0.4, -0.2) is 71.4 Å². The number of nitrogens with zero attached hydrogens (tertiary/aromatic N) is 4. The highest BCUT2D eigenvalue weighted by Gasteiger charge is 2.30. The van der Waals surface area contributed by atoms with Crippen LogP contribution >= 0.6 is 0 Å². The van der Waals surface area contributed by atoms with Crippen LogP contribution in [0.3, 0.4) is 0 Å². The van der Waals surface area contributed by atoms with Crippen LogP contribution < -0.4 is 5.32 Å². The lowest BCUT2D eigenvalue weighted by Gasteiger charge is -2.34. The fraction of sp³-hybridized carbons (Fsp3) is 0.647. The van der Waals surface area contributed by atoms with Crippen LogP contribution in [0, 0.1) is 0 Å². The van der Waals surface area contributed by atoms with Gasteiger partial charge in [0.15, 0.2) is 0 Å². The van der Waals surface area contributed by atoms with Crippen LogP contribution in [0.4, 0.5) is 5.82 Å². The van der Waals surface area contributed by atoms with Crippen molar-refractivity contribution in [2.45, 2.75) is 31.8 Å². The summed E-state index contributed by atoms with van der Waals surface area (Å²) in [6.07, 6.45) is 6.41. The molecule has 1 atom stereocenters. The number of carbonyl (C=O) groups is 2. The first-order valence-electron chi connectivity index (χ1n) is 8.85. The Kier molecular flexibility index (Phi) is 5.80. The quantitative estimate of drug-likeness (QED) is 0.868. The maximum absolute atomic E-state index is 12.7. The van der Waals surface area contributed by atoms with E-state index in [-0.39, 0.29) is 24.5 Å². The third-order valence-electron chi connectivity index (χ3n) is 4.68. The summed E-state index contributed by atoms with van der Waals surface area (Å²) in [5, 5.41) is 3.01. The zero-order valence-corrected chi connectivity index (χ0v) is 14.6. The Labute approximate surface area is 147 Å². The Morgan fingerprint density at radius 2 is 2.12 bits per heavy atom. The van der Waals surface area contributed by atoms with E-state index in [9.17, 15) is 9.59 Å². The van der Waals surface area contributed by atoms with Gasteiger partial charge in [0.05, 0.1) is 19.7 Å². The molecule has 8 nitrogen and oxygen atoms in total. The summed E-state index contributed by atoms with van der Waals surface area (Å²) >= 11 is 0. The maximum atomic E-state index is 12.7. The molecule has 2 saturated heterocycles. The maximum Gasteiger partial charge on any atom is 0.242 e. The Morgan fingerprint density at radius 1 is 1.28 bits per heavy atom. The second-order valence-electron chi connectivity index (χ2n) is 6.37. The Balaban J connectivity index is 1.64. The SMILES string of the molecule is CNc1nccnc1[C@H]1CN(C(=O)CN2CCCCCC2=O)CCO1. The van der Waals surface area contributed by atoms with Crippen molar-refractivity contribution in [3.05, 3.63) is 18.1 Å². The van der Waals surface area contributed by atoms with E-state index in [1.54, 1.807) is 29.2 Å². The van der Waals surface area contributed by atoms with E-state index in [0.717, 1.165) is 19.3 Å². The minimum Gasteiger partial charge on any atom is -0.372 e. The molecule has 25 heavy (non-hydrogen) atoms. The van der Waals surface area contributed by atoms with Crippen LogP contribution in [-0.2, 0) is 14.3 Å². The molecule has 136 valence electrons.